The number of ether oxygens (including phenoxy) is 1. The summed E-state index contributed by atoms with van der Waals surface area (Å²) in [5.41, 5.74) is 2.47. The van der Waals surface area contributed by atoms with Crippen molar-refractivity contribution >= 4 is 5.91 Å². The van der Waals surface area contributed by atoms with E-state index in [0.717, 1.165) is 17.0 Å². The number of hydrogen-bond donors (Lipinski definition) is 2. The van der Waals surface area contributed by atoms with Crippen LogP contribution >= 0.6 is 0 Å². The first-order valence-corrected chi connectivity index (χ1v) is 7.13. The first-order chi connectivity index (χ1) is 11.3. The van der Waals surface area contributed by atoms with Gasteiger partial charge in [0.2, 0.25) is 0 Å². The van der Waals surface area contributed by atoms with Crippen molar-refractivity contribution < 1.29 is 9.53 Å². The number of benzene rings is 1. The molecule has 1 aromatic carbocycles. The number of aromatic amines is 1. The van der Waals surface area contributed by atoms with Crippen molar-refractivity contribution in [2.24, 2.45) is 0 Å². The van der Waals surface area contributed by atoms with Crippen LogP contribution in [0.5, 0.6) is 5.75 Å². The van der Waals surface area contributed by atoms with Gasteiger partial charge in [0, 0.05) is 23.5 Å². The van der Waals surface area contributed by atoms with E-state index in [1.54, 1.807) is 50.0 Å². The van der Waals surface area contributed by atoms with E-state index in [9.17, 15) is 4.79 Å². The average molecular weight is 308 g/mol. The Morgan fingerprint density at radius 1 is 1.17 bits per heavy atom. The highest BCUT2D eigenvalue weighted by Crippen LogP contribution is 2.15. The fourth-order valence-corrected chi connectivity index (χ4v) is 2.14. The molecule has 0 saturated carbocycles. The van der Waals surface area contributed by atoms with Crippen molar-refractivity contribution in [2.75, 3.05) is 7.11 Å². The predicted molar refractivity (Wildman–Crippen MR) is 86.0 cm³/mol. The first kappa shape index (κ1) is 14.8. The lowest BCUT2D eigenvalue weighted by Gasteiger charge is -2.04. The number of rotatable bonds is 5. The Hall–Kier alpha value is -3.15. The number of hydrogen-bond acceptors (Lipinski definition) is 4. The highest BCUT2D eigenvalue weighted by Gasteiger charge is 2.07. The summed E-state index contributed by atoms with van der Waals surface area (Å²) in [6.07, 6.45) is 5.19. The molecule has 0 aliphatic carbocycles. The second-order valence-electron chi connectivity index (χ2n) is 4.89. The van der Waals surface area contributed by atoms with Crippen molar-refractivity contribution in [3.63, 3.8) is 0 Å². The quantitative estimate of drug-likeness (QED) is 0.758. The molecule has 0 aliphatic rings. The van der Waals surface area contributed by atoms with Gasteiger partial charge in [-0.3, -0.25) is 9.78 Å². The minimum absolute atomic E-state index is 0.158. The van der Waals surface area contributed by atoms with E-state index in [2.05, 4.69) is 20.3 Å². The van der Waals surface area contributed by atoms with Crippen LogP contribution in [-0.4, -0.2) is 28.0 Å². The molecule has 3 rings (SSSR count). The largest absolute Gasteiger partial charge is 0.497 e. The van der Waals surface area contributed by atoms with E-state index in [1.165, 1.54) is 0 Å². The highest BCUT2D eigenvalue weighted by molar-refractivity contribution is 5.94. The fourth-order valence-electron chi connectivity index (χ4n) is 2.14. The van der Waals surface area contributed by atoms with E-state index >= 15 is 0 Å². The number of nitrogens with zero attached hydrogens (tertiary/aromatic N) is 2. The van der Waals surface area contributed by atoms with Crippen LogP contribution in [0.3, 0.4) is 0 Å². The summed E-state index contributed by atoms with van der Waals surface area (Å²) >= 11 is 0. The van der Waals surface area contributed by atoms with Gasteiger partial charge < -0.3 is 15.0 Å². The molecular weight excluding hydrogens is 292 g/mol. The van der Waals surface area contributed by atoms with Gasteiger partial charge in [0.25, 0.3) is 5.91 Å². The Labute approximate surface area is 133 Å². The summed E-state index contributed by atoms with van der Waals surface area (Å²) in [7, 11) is 1.59. The Kier molecular flexibility index (Phi) is 4.33. The van der Waals surface area contributed by atoms with Crippen molar-refractivity contribution in [3.8, 4) is 17.0 Å². The van der Waals surface area contributed by atoms with E-state index < -0.39 is 0 Å². The number of methoxy groups -OCH3 is 1. The summed E-state index contributed by atoms with van der Waals surface area (Å²) in [5.74, 6) is 1.25. The zero-order valence-corrected chi connectivity index (χ0v) is 12.6. The van der Waals surface area contributed by atoms with E-state index in [1.807, 2.05) is 12.1 Å². The van der Waals surface area contributed by atoms with Crippen molar-refractivity contribution in [3.05, 3.63) is 66.4 Å². The molecule has 0 atom stereocenters. The van der Waals surface area contributed by atoms with Gasteiger partial charge in [-0.2, -0.15) is 0 Å². The lowest BCUT2D eigenvalue weighted by Crippen LogP contribution is -2.23. The maximum Gasteiger partial charge on any atom is 0.251 e. The number of imidazole rings is 1. The zero-order chi connectivity index (χ0) is 16.1. The van der Waals surface area contributed by atoms with Gasteiger partial charge in [-0.25, -0.2) is 4.98 Å². The summed E-state index contributed by atoms with van der Waals surface area (Å²) in [6.45, 7) is 0.329. The SMILES string of the molecule is COc1ccc(C(=O)NCc2ncc(-c3ccncc3)[nH]2)cc1. The van der Waals surface area contributed by atoms with Crippen LogP contribution in [-0.2, 0) is 6.54 Å². The topological polar surface area (TPSA) is 79.9 Å². The van der Waals surface area contributed by atoms with Gasteiger partial charge >= 0.3 is 0 Å². The van der Waals surface area contributed by atoms with Gasteiger partial charge in [-0.05, 0) is 36.4 Å². The predicted octanol–water partition coefficient (Wildman–Crippen LogP) is 2.41. The van der Waals surface area contributed by atoms with Crippen LogP contribution in [0.25, 0.3) is 11.3 Å². The molecule has 3 aromatic rings. The smallest absolute Gasteiger partial charge is 0.251 e. The van der Waals surface area contributed by atoms with Crippen molar-refractivity contribution in [2.45, 2.75) is 6.54 Å². The maximum atomic E-state index is 12.1. The molecule has 0 aliphatic heterocycles. The monoisotopic (exact) mass is 308 g/mol. The molecule has 0 unspecified atom stereocenters. The average Bonchev–Trinajstić information content (AvgIpc) is 3.09. The van der Waals surface area contributed by atoms with E-state index in [0.29, 0.717) is 17.9 Å². The zero-order valence-electron chi connectivity index (χ0n) is 12.6. The number of carbonyl (C=O) groups is 1. The third-order valence-corrected chi connectivity index (χ3v) is 3.39. The second-order valence-corrected chi connectivity index (χ2v) is 4.89. The van der Waals surface area contributed by atoms with Gasteiger partial charge in [0.15, 0.2) is 0 Å². The van der Waals surface area contributed by atoms with Crippen LogP contribution in [0, 0.1) is 0 Å². The molecule has 2 heterocycles. The molecule has 0 radical (unpaired) electrons. The molecule has 6 nitrogen and oxygen atoms in total. The normalized spacial score (nSPS) is 10.3. The molecule has 116 valence electrons. The number of nitrogens with one attached hydrogen (secondary N) is 2. The lowest BCUT2D eigenvalue weighted by atomic mass is 10.2. The number of H-pyrrole nitrogens is 1. The Bertz CT molecular complexity index is 782. The Balaban J connectivity index is 1.62. The molecule has 0 fully saturated rings. The van der Waals surface area contributed by atoms with Crippen molar-refractivity contribution in [1.29, 1.82) is 0 Å². The van der Waals surface area contributed by atoms with E-state index in [-0.39, 0.29) is 5.91 Å². The Morgan fingerprint density at radius 3 is 2.61 bits per heavy atom. The molecule has 2 N–H and O–H groups in total. The van der Waals surface area contributed by atoms with Crippen LogP contribution in [0.1, 0.15) is 16.2 Å². The van der Waals surface area contributed by atoms with Gasteiger partial charge in [-0.15, -0.1) is 0 Å². The molecule has 2 aromatic heterocycles. The fraction of sp³-hybridized carbons (Fsp3) is 0.118. The van der Waals surface area contributed by atoms with Crippen LogP contribution < -0.4 is 10.1 Å². The lowest BCUT2D eigenvalue weighted by molar-refractivity contribution is 0.0950. The maximum absolute atomic E-state index is 12.1. The van der Waals surface area contributed by atoms with E-state index in [4.69, 9.17) is 4.74 Å². The van der Waals surface area contributed by atoms with Gasteiger partial charge in [-0.1, -0.05) is 0 Å². The Morgan fingerprint density at radius 2 is 1.91 bits per heavy atom. The van der Waals surface area contributed by atoms with Crippen LogP contribution in [0.4, 0.5) is 0 Å². The van der Waals surface area contributed by atoms with Gasteiger partial charge in [0.05, 0.1) is 25.5 Å². The number of pyridine rings is 1. The highest BCUT2D eigenvalue weighted by atomic mass is 16.5. The molecule has 0 spiro atoms. The van der Waals surface area contributed by atoms with Crippen LogP contribution in [0.2, 0.25) is 0 Å². The van der Waals surface area contributed by atoms with Crippen LogP contribution in [0.15, 0.2) is 55.0 Å². The standard InChI is InChI=1S/C17H16N4O2/c1-23-14-4-2-13(3-5-14)17(22)20-11-16-19-10-15(21-16)12-6-8-18-9-7-12/h2-10H,11H2,1H3,(H,19,21)(H,20,22). The summed E-state index contributed by atoms with van der Waals surface area (Å²) in [6, 6.07) is 10.7. The number of aromatic nitrogens is 3. The number of amides is 1. The van der Waals surface area contributed by atoms with Crippen molar-refractivity contribution in [1.82, 2.24) is 20.3 Å². The molecular formula is C17H16N4O2. The molecule has 0 bridgehead atoms. The molecule has 1 amide bonds. The minimum Gasteiger partial charge on any atom is -0.497 e. The second kappa shape index (κ2) is 6.74. The molecule has 0 saturated heterocycles. The summed E-state index contributed by atoms with van der Waals surface area (Å²) < 4.78 is 5.07. The molecule has 6 heteroatoms. The minimum atomic E-state index is -0.158. The van der Waals surface area contributed by atoms with Gasteiger partial charge in [0.1, 0.15) is 11.6 Å². The number of carbonyl (C=O) groups excluding carboxylic acids is 1. The summed E-state index contributed by atoms with van der Waals surface area (Å²) in [5, 5.41) is 2.83. The third-order valence-electron chi connectivity index (χ3n) is 3.39. The third kappa shape index (κ3) is 3.55. The first-order valence-electron chi connectivity index (χ1n) is 7.13. The summed E-state index contributed by atoms with van der Waals surface area (Å²) in [4.78, 5) is 23.5. The molecule has 23 heavy (non-hydrogen) atoms.